The second kappa shape index (κ2) is 9.92. The van der Waals surface area contributed by atoms with Crippen molar-refractivity contribution in [1.29, 1.82) is 0 Å². The molecular weight excluding hydrogens is 420 g/mol. The predicted octanol–water partition coefficient (Wildman–Crippen LogP) is -3.65. The first-order valence-electron chi connectivity index (χ1n) is 9.73. The van der Waals surface area contributed by atoms with E-state index in [1.54, 1.807) is 13.0 Å². The number of aliphatic hydroxyl groups excluding tert-OH is 8. The summed E-state index contributed by atoms with van der Waals surface area (Å²) in [5.74, 6) is 0.279. The molecule has 2 heterocycles. The van der Waals surface area contributed by atoms with Gasteiger partial charge in [0.15, 0.2) is 0 Å². The zero-order valence-corrected chi connectivity index (χ0v) is 16.6. The molecule has 4 unspecified atom stereocenters. The highest BCUT2D eigenvalue weighted by molar-refractivity contribution is 5.40. The lowest BCUT2D eigenvalue weighted by atomic mass is 9.99. The maximum absolute atomic E-state index is 10.1. The second-order valence-corrected chi connectivity index (χ2v) is 7.56. The van der Waals surface area contributed by atoms with Crippen molar-refractivity contribution in [3.63, 3.8) is 0 Å². The summed E-state index contributed by atoms with van der Waals surface area (Å²) in [6.45, 7) is 0.463. The van der Waals surface area contributed by atoms with E-state index >= 15 is 0 Å². The van der Waals surface area contributed by atoms with Crippen molar-refractivity contribution < 1.29 is 59.8 Å². The summed E-state index contributed by atoms with van der Waals surface area (Å²) in [5, 5.41) is 78.3. The molecule has 0 spiro atoms. The van der Waals surface area contributed by atoms with Gasteiger partial charge < -0.3 is 59.8 Å². The Hall–Kier alpha value is -1.58. The van der Waals surface area contributed by atoms with Crippen LogP contribution in [0.25, 0.3) is 0 Å². The van der Waals surface area contributed by atoms with Gasteiger partial charge in [-0.3, -0.25) is 0 Å². The minimum absolute atomic E-state index is 0.120. The van der Waals surface area contributed by atoms with Crippen LogP contribution in [-0.2, 0) is 9.47 Å². The Labute approximate surface area is 177 Å². The smallest absolute Gasteiger partial charge is 0.229 e. The molecule has 8 N–H and O–H groups in total. The molecule has 1 aromatic rings. The second-order valence-electron chi connectivity index (χ2n) is 7.56. The van der Waals surface area contributed by atoms with Crippen LogP contribution in [0.2, 0.25) is 0 Å². The number of ether oxygens (including phenoxy) is 4. The van der Waals surface area contributed by atoms with E-state index in [0.29, 0.717) is 5.56 Å². The van der Waals surface area contributed by atoms with Crippen LogP contribution in [0, 0.1) is 6.92 Å². The van der Waals surface area contributed by atoms with Gasteiger partial charge in [0.1, 0.15) is 60.3 Å². The molecule has 0 bridgehead atoms. The Bertz CT molecular complexity index is 728. The van der Waals surface area contributed by atoms with E-state index in [2.05, 4.69) is 0 Å². The average molecular weight is 448 g/mol. The third-order valence-electron chi connectivity index (χ3n) is 5.35. The van der Waals surface area contributed by atoms with Crippen LogP contribution in [0.3, 0.4) is 0 Å². The molecule has 12 heteroatoms. The zero-order valence-electron chi connectivity index (χ0n) is 16.6. The minimum atomic E-state index is -1.61. The molecule has 0 aromatic heterocycles. The summed E-state index contributed by atoms with van der Waals surface area (Å²) in [6.07, 6.45) is -14.6. The molecule has 10 atom stereocenters. The van der Waals surface area contributed by atoms with E-state index in [1.807, 2.05) is 0 Å². The SMILES string of the molecule is Cc1ccc(O[C@@H]2OC(CO)[C@@H](O)[C@H](O)C2O)cc1O[C@@H]1OC(CO)[C@@H](O)[C@H](O)C1O. The van der Waals surface area contributed by atoms with Crippen LogP contribution < -0.4 is 9.47 Å². The van der Waals surface area contributed by atoms with Crippen LogP contribution in [-0.4, -0.2) is 115 Å². The molecular formula is C19H28O12. The maximum atomic E-state index is 10.1. The van der Waals surface area contributed by atoms with Crippen molar-refractivity contribution in [1.82, 2.24) is 0 Å². The third-order valence-corrected chi connectivity index (χ3v) is 5.35. The Morgan fingerprint density at radius 1 is 0.710 bits per heavy atom. The van der Waals surface area contributed by atoms with Crippen molar-refractivity contribution in [3.05, 3.63) is 23.8 Å². The number of hydrogen-bond donors (Lipinski definition) is 8. The van der Waals surface area contributed by atoms with Crippen molar-refractivity contribution in [3.8, 4) is 11.5 Å². The van der Waals surface area contributed by atoms with E-state index in [-0.39, 0.29) is 11.5 Å². The summed E-state index contributed by atoms with van der Waals surface area (Å²) in [6, 6.07) is 4.47. The lowest BCUT2D eigenvalue weighted by Crippen LogP contribution is -2.60. The van der Waals surface area contributed by atoms with Crippen molar-refractivity contribution in [2.24, 2.45) is 0 Å². The van der Waals surface area contributed by atoms with Crippen LogP contribution in [0.5, 0.6) is 11.5 Å². The molecule has 2 aliphatic heterocycles. The first kappa shape index (κ1) is 24.1. The molecule has 176 valence electrons. The fraction of sp³-hybridized carbons (Fsp3) is 0.684. The Morgan fingerprint density at radius 2 is 1.19 bits per heavy atom. The van der Waals surface area contributed by atoms with E-state index in [9.17, 15) is 40.9 Å². The fourth-order valence-corrected chi connectivity index (χ4v) is 3.37. The number of rotatable bonds is 6. The lowest BCUT2D eigenvalue weighted by molar-refractivity contribution is -0.278. The lowest BCUT2D eigenvalue weighted by Gasteiger charge is -2.40. The molecule has 3 rings (SSSR count). The summed E-state index contributed by atoms with van der Waals surface area (Å²) >= 11 is 0. The van der Waals surface area contributed by atoms with Crippen LogP contribution >= 0.6 is 0 Å². The first-order valence-corrected chi connectivity index (χ1v) is 9.73. The summed E-state index contributed by atoms with van der Waals surface area (Å²) in [5.41, 5.74) is 0.582. The summed E-state index contributed by atoms with van der Waals surface area (Å²) < 4.78 is 21.8. The van der Waals surface area contributed by atoms with Crippen molar-refractivity contribution >= 4 is 0 Å². The van der Waals surface area contributed by atoms with Gasteiger partial charge in [-0.05, 0) is 18.6 Å². The van der Waals surface area contributed by atoms with Gasteiger partial charge >= 0.3 is 0 Å². The van der Waals surface area contributed by atoms with Gasteiger partial charge in [-0.1, -0.05) is 6.07 Å². The number of hydrogen-bond acceptors (Lipinski definition) is 12. The number of benzene rings is 1. The number of aliphatic hydroxyl groups is 8. The van der Waals surface area contributed by atoms with Gasteiger partial charge in [0.25, 0.3) is 0 Å². The van der Waals surface area contributed by atoms with Gasteiger partial charge in [0.05, 0.1) is 13.2 Å². The van der Waals surface area contributed by atoms with E-state index in [4.69, 9.17) is 18.9 Å². The largest absolute Gasteiger partial charge is 0.462 e. The molecule has 2 saturated heterocycles. The molecule has 1 aromatic carbocycles. The Kier molecular flexibility index (Phi) is 7.70. The molecule has 0 amide bonds. The molecule has 12 nitrogen and oxygen atoms in total. The monoisotopic (exact) mass is 448 g/mol. The Balaban J connectivity index is 1.74. The van der Waals surface area contributed by atoms with Gasteiger partial charge in [0.2, 0.25) is 12.6 Å². The highest BCUT2D eigenvalue weighted by atomic mass is 16.7. The minimum Gasteiger partial charge on any atom is -0.462 e. The highest BCUT2D eigenvalue weighted by Gasteiger charge is 2.46. The van der Waals surface area contributed by atoms with Crippen molar-refractivity contribution in [2.75, 3.05) is 13.2 Å². The van der Waals surface area contributed by atoms with Crippen LogP contribution in [0.4, 0.5) is 0 Å². The van der Waals surface area contributed by atoms with E-state index < -0.39 is 74.6 Å². The quantitative estimate of drug-likeness (QED) is 0.213. The van der Waals surface area contributed by atoms with Gasteiger partial charge in [-0.15, -0.1) is 0 Å². The molecule has 0 aliphatic carbocycles. The highest BCUT2D eigenvalue weighted by Crippen LogP contribution is 2.31. The summed E-state index contributed by atoms with van der Waals surface area (Å²) in [7, 11) is 0. The zero-order chi connectivity index (χ0) is 22.9. The predicted molar refractivity (Wildman–Crippen MR) is 100.0 cm³/mol. The van der Waals surface area contributed by atoms with E-state index in [0.717, 1.165) is 0 Å². The molecule has 2 fully saturated rings. The molecule has 2 aliphatic rings. The van der Waals surface area contributed by atoms with Gasteiger partial charge in [-0.25, -0.2) is 0 Å². The van der Waals surface area contributed by atoms with E-state index in [1.165, 1.54) is 12.1 Å². The molecule has 0 saturated carbocycles. The Morgan fingerprint density at radius 3 is 1.68 bits per heavy atom. The third kappa shape index (κ3) is 4.93. The van der Waals surface area contributed by atoms with Gasteiger partial charge in [0, 0.05) is 6.07 Å². The normalized spacial score (nSPS) is 41.1. The summed E-state index contributed by atoms with van der Waals surface area (Å²) in [4.78, 5) is 0. The number of aryl methyl sites for hydroxylation is 1. The van der Waals surface area contributed by atoms with Crippen LogP contribution in [0.1, 0.15) is 5.56 Å². The van der Waals surface area contributed by atoms with Gasteiger partial charge in [-0.2, -0.15) is 0 Å². The average Bonchev–Trinajstić information content (AvgIpc) is 2.76. The fourth-order valence-electron chi connectivity index (χ4n) is 3.37. The topological polar surface area (TPSA) is 199 Å². The van der Waals surface area contributed by atoms with Crippen molar-refractivity contribution in [2.45, 2.75) is 68.3 Å². The molecule has 31 heavy (non-hydrogen) atoms. The maximum Gasteiger partial charge on any atom is 0.229 e. The standard InChI is InChI=1S/C19H28O12/c1-7-2-3-8(28-18-16(26)14(24)12(22)10(5-20)30-18)4-9(7)29-19-17(27)15(25)13(23)11(6-21)31-19/h2-4,10-27H,5-6H2,1H3/t10?,11?,12-,13-,14+,15+,16?,17?,18-,19-/m1/s1. The molecule has 0 radical (unpaired) electrons. The van der Waals surface area contributed by atoms with Crippen LogP contribution in [0.15, 0.2) is 18.2 Å². The first-order chi connectivity index (χ1) is 14.7.